The molecule has 3 fully saturated rings. The maximum absolute atomic E-state index is 14.6. The number of aromatic hydroxyl groups is 1. The molecule has 6 atom stereocenters. The van der Waals surface area contributed by atoms with Crippen molar-refractivity contribution in [1.82, 2.24) is 0 Å². The first kappa shape index (κ1) is 28.8. The van der Waals surface area contributed by atoms with Crippen LogP contribution in [0.1, 0.15) is 31.2 Å². The molecular formula is C37H29N3O7. The van der Waals surface area contributed by atoms with Crippen molar-refractivity contribution in [3.63, 3.8) is 0 Å². The lowest BCUT2D eigenvalue weighted by atomic mass is 9.51. The van der Waals surface area contributed by atoms with Gasteiger partial charge >= 0.3 is 0 Å². The summed E-state index contributed by atoms with van der Waals surface area (Å²) >= 11 is 0. The van der Waals surface area contributed by atoms with Crippen molar-refractivity contribution in [3.05, 3.63) is 118 Å². The molecule has 2 aliphatic heterocycles. The van der Waals surface area contributed by atoms with Crippen molar-refractivity contribution in [1.29, 1.82) is 0 Å². The number of phenols is 1. The Hall–Kier alpha value is -5.64. The lowest BCUT2D eigenvalue weighted by molar-refractivity contribution is -0.384. The fourth-order valence-electron chi connectivity index (χ4n) is 8.69. The van der Waals surface area contributed by atoms with Gasteiger partial charge in [-0.2, -0.15) is 0 Å². The molecule has 8 rings (SSSR count). The van der Waals surface area contributed by atoms with E-state index < -0.39 is 51.7 Å². The predicted octanol–water partition coefficient (Wildman–Crippen LogP) is 5.89. The summed E-state index contributed by atoms with van der Waals surface area (Å²) in [6.45, 7) is 1.78. The normalized spacial score (nSPS) is 28.3. The number of non-ortho nitro benzene ring substituents is 1. The minimum absolute atomic E-state index is 0.00204. The highest BCUT2D eigenvalue weighted by Gasteiger charge is 2.68. The van der Waals surface area contributed by atoms with Crippen molar-refractivity contribution in [2.24, 2.45) is 29.1 Å². The van der Waals surface area contributed by atoms with Crippen molar-refractivity contribution in [3.8, 4) is 5.75 Å². The first-order valence-electron chi connectivity index (χ1n) is 15.6. The van der Waals surface area contributed by atoms with Crippen LogP contribution in [0.25, 0.3) is 10.8 Å². The standard InChI is InChI=1S/C37H29N3O7/c1-37-29(34(43)39(36(37)45)21-9-3-2-4-10-21)19-28-25(31(37)27-15-14-20-8-5-6-13-24(20)32(27)41)16-17-26-30(28)35(44)38(33(26)42)22-11-7-12-23(18-22)40(46)47/h2-16,18,26,28-31,41H,17,19H2,1H3/t26-,28+,29-,30-,31+,37+/m0/s1. The number of imide groups is 2. The molecule has 0 bridgehead atoms. The van der Waals surface area contributed by atoms with Gasteiger partial charge in [0.2, 0.25) is 23.6 Å². The SMILES string of the molecule is C[C@@]12C(=O)N(c3ccccc3)C(=O)[C@@H]1C[C@@H]1C(=CC[C@@H]3C(=O)N(c4cccc([N+](=O)[O-])c4)C(=O)[C@@H]31)[C@@H]2c1ccc2ccccc2c1O. The Bertz CT molecular complexity index is 2090. The Morgan fingerprint density at radius 3 is 2.30 bits per heavy atom. The molecule has 0 spiro atoms. The lowest BCUT2D eigenvalue weighted by Gasteiger charge is -2.49. The highest BCUT2D eigenvalue weighted by atomic mass is 16.6. The molecule has 47 heavy (non-hydrogen) atoms. The number of allylic oxidation sites excluding steroid dienone is 2. The summed E-state index contributed by atoms with van der Waals surface area (Å²) in [5, 5.41) is 24.7. The van der Waals surface area contributed by atoms with Gasteiger partial charge in [-0.15, -0.1) is 0 Å². The molecule has 4 aromatic carbocycles. The van der Waals surface area contributed by atoms with Crippen LogP contribution in [0.4, 0.5) is 17.1 Å². The smallest absolute Gasteiger partial charge is 0.271 e. The molecule has 4 aromatic rings. The molecule has 0 aromatic heterocycles. The van der Waals surface area contributed by atoms with Crippen molar-refractivity contribution in [2.45, 2.75) is 25.7 Å². The molecule has 2 saturated heterocycles. The molecule has 1 N–H and O–H groups in total. The number of hydrogen-bond acceptors (Lipinski definition) is 7. The van der Waals surface area contributed by atoms with Crippen LogP contribution in [0, 0.1) is 39.2 Å². The van der Waals surface area contributed by atoms with Gasteiger partial charge in [0.05, 0.1) is 39.5 Å². The van der Waals surface area contributed by atoms with Gasteiger partial charge in [0, 0.05) is 29.0 Å². The van der Waals surface area contributed by atoms with Crippen molar-refractivity contribution in [2.75, 3.05) is 9.80 Å². The number of amides is 4. The van der Waals surface area contributed by atoms with Crippen molar-refractivity contribution >= 4 is 51.5 Å². The zero-order chi connectivity index (χ0) is 32.8. The van der Waals surface area contributed by atoms with Gasteiger partial charge in [0.25, 0.3) is 5.69 Å². The van der Waals surface area contributed by atoms with Crippen LogP contribution in [0.5, 0.6) is 5.75 Å². The molecular weight excluding hydrogens is 598 g/mol. The summed E-state index contributed by atoms with van der Waals surface area (Å²) in [6, 6.07) is 25.2. The minimum Gasteiger partial charge on any atom is -0.507 e. The third kappa shape index (κ3) is 3.90. The van der Waals surface area contributed by atoms with Crippen LogP contribution in [0.3, 0.4) is 0 Å². The predicted molar refractivity (Wildman–Crippen MR) is 172 cm³/mol. The number of carbonyl (C=O) groups is 4. The number of benzene rings is 4. The number of phenolic OH excluding ortho intramolecular Hbond substituents is 1. The van der Waals surface area contributed by atoms with E-state index in [1.807, 2.05) is 30.3 Å². The maximum Gasteiger partial charge on any atom is 0.271 e. The molecule has 234 valence electrons. The second kappa shape index (κ2) is 10.2. The Labute approximate surface area is 269 Å². The molecule has 0 unspecified atom stereocenters. The van der Waals surface area contributed by atoms with E-state index in [0.29, 0.717) is 16.6 Å². The summed E-state index contributed by atoms with van der Waals surface area (Å²) in [5.74, 6) is -5.48. The molecule has 2 aliphatic carbocycles. The lowest BCUT2D eigenvalue weighted by Crippen LogP contribution is -2.48. The summed E-state index contributed by atoms with van der Waals surface area (Å²) in [7, 11) is 0. The number of nitrogens with zero attached hydrogens (tertiary/aromatic N) is 3. The van der Waals surface area contributed by atoms with Crippen LogP contribution in [-0.2, 0) is 19.2 Å². The molecule has 10 heteroatoms. The van der Waals surface area contributed by atoms with E-state index in [1.165, 1.54) is 29.2 Å². The number of nitro benzene ring substituents is 1. The summed E-state index contributed by atoms with van der Waals surface area (Å²) in [4.78, 5) is 70.2. The Balaban J connectivity index is 1.29. The van der Waals surface area contributed by atoms with Crippen LogP contribution < -0.4 is 9.80 Å². The average molecular weight is 628 g/mol. The number of nitro groups is 1. The monoisotopic (exact) mass is 627 g/mol. The highest BCUT2D eigenvalue weighted by molar-refractivity contribution is 6.25. The summed E-state index contributed by atoms with van der Waals surface area (Å²) in [6.07, 6.45) is 2.28. The second-order valence-corrected chi connectivity index (χ2v) is 13.0. The van der Waals surface area contributed by atoms with Crippen LogP contribution in [0.2, 0.25) is 0 Å². The van der Waals surface area contributed by atoms with E-state index in [0.717, 1.165) is 15.9 Å². The van der Waals surface area contributed by atoms with E-state index >= 15 is 0 Å². The maximum atomic E-state index is 14.6. The van der Waals surface area contributed by atoms with Crippen LogP contribution in [0.15, 0.2) is 103 Å². The van der Waals surface area contributed by atoms with E-state index in [2.05, 4.69) is 0 Å². The quantitative estimate of drug-likeness (QED) is 0.129. The molecule has 1 saturated carbocycles. The zero-order valence-corrected chi connectivity index (χ0v) is 25.3. The first-order valence-corrected chi connectivity index (χ1v) is 15.6. The minimum atomic E-state index is -1.30. The number of anilines is 2. The largest absolute Gasteiger partial charge is 0.507 e. The number of rotatable bonds is 4. The number of fused-ring (bicyclic) bond motifs is 5. The van der Waals surface area contributed by atoms with Crippen LogP contribution in [-0.4, -0.2) is 33.7 Å². The van der Waals surface area contributed by atoms with E-state index in [9.17, 15) is 34.4 Å². The number of para-hydroxylation sites is 1. The molecule has 4 amide bonds. The molecule has 10 nitrogen and oxygen atoms in total. The van der Waals surface area contributed by atoms with Gasteiger partial charge in [0.15, 0.2) is 0 Å². The van der Waals surface area contributed by atoms with Gasteiger partial charge in [-0.25, -0.2) is 9.80 Å². The van der Waals surface area contributed by atoms with Gasteiger partial charge < -0.3 is 5.11 Å². The van der Waals surface area contributed by atoms with Crippen molar-refractivity contribution < 1.29 is 29.2 Å². The third-order valence-corrected chi connectivity index (χ3v) is 10.8. The number of carbonyl (C=O) groups excluding carboxylic acids is 4. The third-order valence-electron chi connectivity index (χ3n) is 10.8. The average Bonchev–Trinajstić information content (AvgIpc) is 3.45. The van der Waals surface area contributed by atoms with Gasteiger partial charge in [-0.1, -0.05) is 72.3 Å². The summed E-state index contributed by atoms with van der Waals surface area (Å²) in [5.41, 5.74) is 0.249. The zero-order valence-electron chi connectivity index (χ0n) is 25.3. The molecule has 0 radical (unpaired) electrons. The number of hydrogen-bond donors (Lipinski definition) is 1. The van der Waals surface area contributed by atoms with E-state index in [-0.39, 0.29) is 41.8 Å². The van der Waals surface area contributed by atoms with Crippen LogP contribution >= 0.6 is 0 Å². The Morgan fingerprint density at radius 2 is 1.53 bits per heavy atom. The Kier molecular flexibility index (Phi) is 6.24. The van der Waals surface area contributed by atoms with Gasteiger partial charge in [-0.05, 0) is 49.3 Å². The van der Waals surface area contributed by atoms with Gasteiger partial charge in [0.1, 0.15) is 5.75 Å². The molecule has 4 aliphatic rings. The fourth-order valence-corrected chi connectivity index (χ4v) is 8.69. The topological polar surface area (TPSA) is 138 Å². The Morgan fingerprint density at radius 1 is 0.809 bits per heavy atom. The van der Waals surface area contributed by atoms with Gasteiger partial charge in [-0.3, -0.25) is 29.3 Å². The van der Waals surface area contributed by atoms with E-state index in [4.69, 9.17) is 0 Å². The molecule has 2 heterocycles. The first-order chi connectivity index (χ1) is 22.6. The summed E-state index contributed by atoms with van der Waals surface area (Å²) < 4.78 is 0. The second-order valence-electron chi connectivity index (χ2n) is 13.0. The fraction of sp³-hybridized carbons (Fsp3) is 0.243. The highest BCUT2D eigenvalue weighted by Crippen LogP contribution is 2.64. The van der Waals surface area contributed by atoms with E-state index in [1.54, 1.807) is 49.4 Å².